The van der Waals surface area contributed by atoms with Crippen LogP contribution in [0.15, 0.2) is 24.5 Å². The number of morpholine rings is 1. The van der Waals surface area contributed by atoms with Gasteiger partial charge in [-0.15, -0.1) is 0 Å². The van der Waals surface area contributed by atoms with E-state index in [1.54, 1.807) is 7.11 Å². The number of carbonyl (C=O) groups is 1. The monoisotopic (exact) mass is 479 g/mol. The highest BCUT2D eigenvalue weighted by molar-refractivity contribution is 5.94. The van der Waals surface area contributed by atoms with E-state index in [4.69, 9.17) is 19.2 Å². The molecule has 0 spiro atoms. The lowest BCUT2D eigenvalue weighted by Gasteiger charge is -2.37. The zero-order valence-electron chi connectivity index (χ0n) is 19.8. The predicted molar refractivity (Wildman–Crippen MR) is 132 cm³/mol. The van der Waals surface area contributed by atoms with Gasteiger partial charge in [-0.25, -0.2) is 19.3 Å². The van der Waals surface area contributed by atoms with Crippen molar-refractivity contribution in [2.45, 2.75) is 31.6 Å². The van der Waals surface area contributed by atoms with Crippen molar-refractivity contribution in [2.75, 3.05) is 56.0 Å². The van der Waals surface area contributed by atoms with Gasteiger partial charge in [0.15, 0.2) is 11.4 Å². The van der Waals surface area contributed by atoms with E-state index in [0.29, 0.717) is 36.8 Å². The van der Waals surface area contributed by atoms with Crippen molar-refractivity contribution in [3.05, 3.63) is 30.1 Å². The highest BCUT2D eigenvalue weighted by Crippen LogP contribution is 2.40. The molecule has 3 aromatic rings. The first-order valence-electron chi connectivity index (χ1n) is 11.9. The normalized spacial score (nSPS) is 22.0. The fourth-order valence-corrected chi connectivity index (χ4v) is 4.90. The number of hydrogen-bond acceptors (Lipinski definition) is 9. The Kier molecular flexibility index (Phi) is 5.57. The number of anilines is 4. The Balaban J connectivity index is 1.50. The molecule has 1 amide bonds. The van der Waals surface area contributed by atoms with E-state index >= 15 is 0 Å². The fraction of sp³-hybridized carbons (Fsp3) is 0.458. The van der Waals surface area contributed by atoms with Gasteiger partial charge in [0.1, 0.15) is 17.7 Å². The SMILES string of the molecule is CNc1cc2nc3c1ncn3C(=O)N[C@@H]1CC[C@H]1OCc1cc(c(OC)c(N3CCOCC3)c1)N2. The third-order valence-corrected chi connectivity index (χ3v) is 6.92. The van der Waals surface area contributed by atoms with Crippen molar-refractivity contribution >= 4 is 40.1 Å². The van der Waals surface area contributed by atoms with Gasteiger partial charge in [0.05, 0.1) is 56.1 Å². The van der Waals surface area contributed by atoms with E-state index in [9.17, 15) is 4.79 Å². The molecule has 4 bridgehead atoms. The number of amides is 1. The first kappa shape index (κ1) is 21.9. The summed E-state index contributed by atoms with van der Waals surface area (Å²) in [5, 5.41) is 9.69. The van der Waals surface area contributed by atoms with Crippen LogP contribution in [0, 0.1) is 0 Å². The quantitative estimate of drug-likeness (QED) is 0.522. The van der Waals surface area contributed by atoms with Gasteiger partial charge in [0.25, 0.3) is 0 Å². The van der Waals surface area contributed by atoms with E-state index in [1.165, 1.54) is 10.9 Å². The van der Waals surface area contributed by atoms with Gasteiger partial charge in [-0.05, 0) is 30.5 Å². The first-order chi connectivity index (χ1) is 17.1. The summed E-state index contributed by atoms with van der Waals surface area (Å²) in [4.78, 5) is 24.6. The average molecular weight is 480 g/mol. The average Bonchev–Trinajstić information content (AvgIpc) is 3.30. The second kappa shape index (κ2) is 8.90. The molecule has 2 aliphatic heterocycles. The minimum absolute atomic E-state index is 0.0431. The van der Waals surface area contributed by atoms with Gasteiger partial charge >= 0.3 is 6.03 Å². The Hall–Kier alpha value is -3.57. The van der Waals surface area contributed by atoms with Crippen LogP contribution in [0.3, 0.4) is 0 Å². The Labute approximate surface area is 202 Å². The molecule has 3 aliphatic rings. The molecule has 35 heavy (non-hydrogen) atoms. The Morgan fingerprint density at radius 3 is 2.80 bits per heavy atom. The fourth-order valence-electron chi connectivity index (χ4n) is 4.90. The van der Waals surface area contributed by atoms with Crippen LogP contribution in [-0.4, -0.2) is 73.2 Å². The number of carbonyl (C=O) groups excluding carboxylic acids is 1. The van der Waals surface area contributed by atoms with Crippen LogP contribution in [0.2, 0.25) is 0 Å². The number of hydrogen-bond donors (Lipinski definition) is 3. The lowest BCUT2D eigenvalue weighted by Crippen LogP contribution is -2.52. The summed E-state index contributed by atoms with van der Waals surface area (Å²) in [5.74, 6) is 1.29. The van der Waals surface area contributed by atoms with Crippen molar-refractivity contribution in [2.24, 2.45) is 0 Å². The van der Waals surface area contributed by atoms with Crippen molar-refractivity contribution in [1.29, 1.82) is 0 Å². The molecule has 1 aliphatic carbocycles. The molecule has 0 unspecified atom stereocenters. The summed E-state index contributed by atoms with van der Waals surface area (Å²) >= 11 is 0. The van der Waals surface area contributed by atoms with Gasteiger partial charge in [0, 0.05) is 26.2 Å². The molecule has 1 saturated heterocycles. The van der Waals surface area contributed by atoms with Crippen molar-refractivity contribution in [3.63, 3.8) is 0 Å². The number of aromatic nitrogens is 3. The smallest absolute Gasteiger partial charge is 0.328 e. The number of benzene rings is 1. The summed E-state index contributed by atoms with van der Waals surface area (Å²) in [5.41, 5.74) is 4.64. The largest absolute Gasteiger partial charge is 0.492 e. The molecule has 1 aromatic carbocycles. The number of pyridine rings is 1. The van der Waals surface area contributed by atoms with E-state index in [1.807, 2.05) is 19.2 Å². The van der Waals surface area contributed by atoms with Crippen LogP contribution >= 0.6 is 0 Å². The van der Waals surface area contributed by atoms with Crippen molar-refractivity contribution in [1.82, 2.24) is 19.9 Å². The zero-order valence-corrected chi connectivity index (χ0v) is 19.8. The highest BCUT2D eigenvalue weighted by atomic mass is 16.5. The number of nitrogens with one attached hydrogen (secondary N) is 3. The minimum Gasteiger partial charge on any atom is -0.492 e. The van der Waals surface area contributed by atoms with Gasteiger partial charge in [0.2, 0.25) is 0 Å². The van der Waals surface area contributed by atoms with Crippen LogP contribution in [0.1, 0.15) is 18.4 Å². The van der Waals surface area contributed by atoms with Gasteiger partial charge < -0.3 is 35.1 Å². The minimum atomic E-state index is -0.264. The molecule has 2 atom stereocenters. The summed E-state index contributed by atoms with van der Waals surface area (Å²) in [6, 6.07) is 5.73. The number of fused-ring (bicyclic) bond motifs is 4. The molecule has 2 fully saturated rings. The molecule has 4 heterocycles. The maximum absolute atomic E-state index is 13.1. The first-order valence-corrected chi connectivity index (χ1v) is 11.9. The predicted octanol–water partition coefficient (Wildman–Crippen LogP) is 2.68. The number of ether oxygens (including phenoxy) is 3. The number of rotatable bonds is 3. The van der Waals surface area contributed by atoms with E-state index in [-0.39, 0.29) is 18.2 Å². The van der Waals surface area contributed by atoms with E-state index in [2.05, 4.69) is 31.9 Å². The lowest BCUT2D eigenvalue weighted by atomic mass is 9.89. The van der Waals surface area contributed by atoms with E-state index in [0.717, 1.165) is 54.3 Å². The lowest BCUT2D eigenvalue weighted by molar-refractivity contribution is -0.0323. The molecule has 3 N–H and O–H groups in total. The molecule has 0 radical (unpaired) electrons. The second-order valence-corrected chi connectivity index (χ2v) is 8.99. The van der Waals surface area contributed by atoms with Crippen LogP contribution in [0.5, 0.6) is 5.75 Å². The molecule has 11 nitrogen and oxygen atoms in total. The molecule has 2 aromatic heterocycles. The maximum atomic E-state index is 13.1. The molecule has 184 valence electrons. The second-order valence-electron chi connectivity index (χ2n) is 8.99. The summed E-state index contributed by atoms with van der Waals surface area (Å²) in [7, 11) is 3.50. The van der Waals surface area contributed by atoms with Gasteiger partial charge in [-0.2, -0.15) is 0 Å². The third-order valence-electron chi connectivity index (χ3n) is 6.92. The number of nitrogens with zero attached hydrogens (tertiary/aromatic N) is 4. The summed E-state index contributed by atoms with van der Waals surface area (Å²) in [6.07, 6.45) is 3.24. The zero-order chi connectivity index (χ0) is 23.9. The van der Waals surface area contributed by atoms with Crippen LogP contribution in [0.25, 0.3) is 11.2 Å². The van der Waals surface area contributed by atoms with Crippen LogP contribution in [-0.2, 0) is 16.1 Å². The third kappa shape index (κ3) is 3.90. The maximum Gasteiger partial charge on any atom is 0.328 e. The number of imidazole rings is 1. The Morgan fingerprint density at radius 2 is 2.06 bits per heavy atom. The Bertz CT molecular complexity index is 1270. The molecule has 6 rings (SSSR count). The number of methoxy groups -OCH3 is 1. The topological polar surface area (TPSA) is 115 Å². The molecular formula is C24H29N7O4. The molecule has 1 saturated carbocycles. The summed E-state index contributed by atoms with van der Waals surface area (Å²) < 4.78 is 19.2. The molecule has 11 heteroatoms. The van der Waals surface area contributed by atoms with Crippen LogP contribution < -0.4 is 25.6 Å². The van der Waals surface area contributed by atoms with Gasteiger partial charge in [-0.1, -0.05) is 0 Å². The van der Waals surface area contributed by atoms with Crippen molar-refractivity contribution < 1.29 is 19.0 Å². The van der Waals surface area contributed by atoms with Crippen LogP contribution in [0.4, 0.5) is 27.7 Å². The highest BCUT2D eigenvalue weighted by Gasteiger charge is 2.34. The summed E-state index contributed by atoms with van der Waals surface area (Å²) in [6.45, 7) is 3.33. The van der Waals surface area contributed by atoms with Gasteiger partial charge in [-0.3, -0.25) is 0 Å². The standard InChI is InChI=1S/C24H29N7O4/c1-25-16-11-20-27-17-9-14(10-18(22(17)33-2)30-5-7-34-8-6-30)12-35-19-4-3-15(19)28-24(32)31-13-26-21(16)23(31)29-20/h9-11,13,15,19H,3-8,12H2,1-2H3,(H,28,32)(H2,25,27,29)/t15-,19-/m1/s1. The Morgan fingerprint density at radius 1 is 1.20 bits per heavy atom. The van der Waals surface area contributed by atoms with Crippen molar-refractivity contribution in [3.8, 4) is 5.75 Å². The van der Waals surface area contributed by atoms with E-state index < -0.39 is 0 Å². The molecular weight excluding hydrogens is 450 g/mol.